The molecule has 10 heteroatoms. The first-order valence-corrected chi connectivity index (χ1v) is 8.82. The van der Waals surface area contributed by atoms with E-state index >= 15 is 0 Å². The summed E-state index contributed by atoms with van der Waals surface area (Å²) < 4.78 is 11.3. The number of amides is 1. The number of fused-ring (bicyclic) bond motifs is 1. The smallest absolute Gasteiger partial charge is 0.355 e. The van der Waals surface area contributed by atoms with Crippen LogP contribution in [0.2, 0.25) is 0 Å². The molecule has 0 spiro atoms. The zero-order valence-electron chi connectivity index (χ0n) is 12.7. The van der Waals surface area contributed by atoms with E-state index < -0.39 is 11.7 Å². The van der Waals surface area contributed by atoms with E-state index in [4.69, 9.17) is 4.52 Å². The van der Waals surface area contributed by atoms with Crippen molar-refractivity contribution in [1.82, 2.24) is 15.3 Å². The molecule has 2 heterocycles. The Morgan fingerprint density at radius 1 is 1.04 bits per heavy atom. The number of aromatic amines is 1. The maximum Gasteiger partial charge on any atom is 0.439 e. The summed E-state index contributed by atoms with van der Waals surface area (Å²) in [5, 5.41) is 10.8. The summed E-state index contributed by atoms with van der Waals surface area (Å²) >= 11 is 6.71. The molecule has 4 rings (SSSR count). The fourth-order valence-corrected chi connectivity index (χ4v) is 3.15. The van der Waals surface area contributed by atoms with E-state index in [1.807, 2.05) is 0 Å². The molecule has 0 fully saturated rings. The lowest BCUT2D eigenvalue weighted by molar-refractivity contribution is 0.102. The van der Waals surface area contributed by atoms with Crippen LogP contribution in [-0.4, -0.2) is 21.2 Å². The molecular weight excluding hydrogens is 472 g/mol. The second-order valence-corrected chi connectivity index (χ2v) is 7.09. The fourth-order valence-electron chi connectivity index (χ4n) is 2.42. The first kappa shape index (κ1) is 16.7. The van der Waals surface area contributed by atoms with E-state index in [0.717, 1.165) is 8.95 Å². The molecule has 2 aromatic carbocycles. The van der Waals surface area contributed by atoms with E-state index in [1.165, 1.54) is 0 Å². The van der Waals surface area contributed by atoms with Crippen LogP contribution in [0.1, 0.15) is 10.5 Å². The molecule has 0 aliphatic rings. The second-order valence-electron chi connectivity index (χ2n) is 5.26. The monoisotopic (exact) mass is 478 g/mol. The number of hydrogen-bond acceptors (Lipinski definition) is 6. The number of carbonyl (C=O) groups excluding carboxylic acids is 1. The third kappa shape index (κ3) is 3.08. The maximum atomic E-state index is 12.7. The van der Waals surface area contributed by atoms with Crippen molar-refractivity contribution in [3.63, 3.8) is 0 Å². The first-order chi connectivity index (χ1) is 12.5. The number of anilines is 1. The van der Waals surface area contributed by atoms with Gasteiger partial charge in [-0.05, 0) is 36.4 Å². The highest BCUT2D eigenvalue weighted by Crippen LogP contribution is 2.29. The quantitative estimate of drug-likeness (QED) is 0.459. The minimum absolute atomic E-state index is 0.142. The topological polar surface area (TPSA) is 114 Å². The van der Waals surface area contributed by atoms with Gasteiger partial charge in [0.05, 0.1) is 11.1 Å². The molecule has 0 aliphatic heterocycles. The Kier molecular flexibility index (Phi) is 4.21. The van der Waals surface area contributed by atoms with Crippen molar-refractivity contribution in [2.75, 3.05) is 5.32 Å². The zero-order valence-corrected chi connectivity index (χ0v) is 15.9. The van der Waals surface area contributed by atoms with Crippen molar-refractivity contribution in [3.8, 4) is 11.4 Å². The normalized spacial score (nSPS) is 11.0. The highest BCUT2D eigenvalue weighted by molar-refractivity contribution is 9.10. The van der Waals surface area contributed by atoms with E-state index in [9.17, 15) is 9.59 Å². The number of nitrogens with one attached hydrogen (secondary N) is 2. The van der Waals surface area contributed by atoms with Crippen molar-refractivity contribution in [1.29, 1.82) is 0 Å². The lowest BCUT2D eigenvalue weighted by Crippen LogP contribution is -2.13. The SMILES string of the molecule is O=C(Nc1ccc(Br)cc1-c1noc(=O)[nH]1)c1noc2ccc(Br)cc12. The molecule has 1 amide bonds. The Balaban J connectivity index is 1.74. The Morgan fingerprint density at radius 2 is 1.81 bits per heavy atom. The van der Waals surface area contributed by atoms with Crippen molar-refractivity contribution in [3.05, 3.63) is 61.6 Å². The third-order valence-electron chi connectivity index (χ3n) is 3.57. The summed E-state index contributed by atoms with van der Waals surface area (Å²) in [6.45, 7) is 0. The third-order valence-corrected chi connectivity index (χ3v) is 4.56. The van der Waals surface area contributed by atoms with Crippen LogP contribution in [0.5, 0.6) is 0 Å². The van der Waals surface area contributed by atoms with Gasteiger partial charge in [0.2, 0.25) is 0 Å². The summed E-state index contributed by atoms with van der Waals surface area (Å²) in [6, 6.07) is 10.4. The fraction of sp³-hybridized carbons (Fsp3) is 0. The van der Waals surface area contributed by atoms with Crippen molar-refractivity contribution in [2.24, 2.45) is 0 Å². The van der Waals surface area contributed by atoms with Gasteiger partial charge in [-0.1, -0.05) is 42.2 Å². The number of aromatic nitrogens is 3. The molecule has 8 nitrogen and oxygen atoms in total. The molecule has 0 radical (unpaired) electrons. The minimum Gasteiger partial charge on any atom is -0.355 e. The largest absolute Gasteiger partial charge is 0.439 e. The van der Waals surface area contributed by atoms with E-state index in [-0.39, 0.29) is 11.5 Å². The summed E-state index contributed by atoms with van der Waals surface area (Å²) in [5.41, 5.74) is 1.54. The number of benzene rings is 2. The Morgan fingerprint density at radius 3 is 2.58 bits per heavy atom. The number of hydrogen-bond donors (Lipinski definition) is 2. The predicted molar refractivity (Wildman–Crippen MR) is 99.9 cm³/mol. The molecule has 130 valence electrons. The lowest BCUT2D eigenvalue weighted by Gasteiger charge is -2.08. The van der Waals surface area contributed by atoms with Crippen LogP contribution in [0.15, 0.2) is 59.2 Å². The summed E-state index contributed by atoms with van der Waals surface area (Å²) in [4.78, 5) is 26.4. The molecule has 0 atom stereocenters. The van der Waals surface area contributed by atoms with Gasteiger partial charge < -0.3 is 9.84 Å². The standard InChI is InChI=1S/C16H8Br2N4O4/c17-7-1-3-11(9(5-7)14-20-16(24)26-22-14)19-15(23)13-10-6-8(18)2-4-12(10)25-21-13/h1-6H,(H,19,23)(H,20,22,24). The minimum atomic E-state index is -0.690. The van der Waals surface area contributed by atoms with Crippen LogP contribution in [0.4, 0.5) is 5.69 Å². The van der Waals surface area contributed by atoms with Crippen LogP contribution in [0, 0.1) is 0 Å². The maximum absolute atomic E-state index is 12.7. The molecule has 2 N–H and O–H groups in total. The Hall–Kier alpha value is -2.72. The highest BCUT2D eigenvalue weighted by Gasteiger charge is 2.19. The summed E-state index contributed by atoms with van der Waals surface area (Å²) in [5.74, 6) is -0.958. The van der Waals surface area contributed by atoms with Crippen LogP contribution >= 0.6 is 31.9 Å². The number of nitrogens with zero attached hydrogens (tertiary/aromatic N) is 2. The Labute approximate surface area is 161 Å². The molecule has 0 saturated heterocycles. The van der Waals surface area contributed by atoms with Gasteiger partial charge >= 0.3 is 5.76 Å². The molecule has 4 aromatic rings. The molecule has 0 saturated carbocycles. The van der Waals surface area contributed by atoms with E-state index in [0.29, 0.717) is 22.2 Å². The van der Waals surface area contributed by atoms with Crippen LogP contribution in [0.3, 0.4) is 0 Å². The zero-order chi connectivity index (χ0) is 18.3. The van der Waals surface area contributed by atoms with Crippen LogP contribution in [0.25, 0.3) is 22.4 Å². The predicted octanol–water partition coefficient (Wildman–Crippen LogP) is 3.95. The van der Waals surface area contributed by atoms with Gasteiger partial charge in [-0.3, -0.25) is 14.3 Å². The first-order valence-electron chi connectivity index (χ1n) is 7.23. The number of halogens is 2. The molecule has 2 aromatic heterocycles. The van der Waals surface area contributed by atoms with Gasteiger partial charge in [-0.15, -0.1) is 0 Å². The number of carbonyl (C=O) groups is 1. The van der Waals surface area contributed by atoms with Gasteiger partial charge in [0.1, 0.15) is 0 Å². The summed E-state index contributed by atoms with van der Waals surface area (Å²) in [7, 11) is 0. The Bertz CT molecular complexity index is 1190. The average molecular weight is 480 g/mol. The average Bonchev–Trinajstić information content (AvgIpc) is 3.22. The lowest BCUT2D eigenvalue weighted by atomic mass is 10.1. The van der Waals surface area contributed by atoms with Gasteiger partial charge in [-0.2, -0.15) is 0 Å². The number of rotatable bonds is 3. The second kappa shape index (κ2) is 6.54. The molecular formula is C16H8Br2N4O4. The highest BCUT2D eigenvalue weighted by atomic mass is 79.9. The molecule has 0 bridgehead atoms. The van der Waals surface area contributed by atoms with E-state index in [2.05, 4.69) is 57.0 Å². The van der Waals surface area contributed by atoms with Gasteiger partial charge in [-0.25, -0.2) is 4.79 Å². The van der Waals surface area contributed by atoms with Crippen LogP contribution < -0.4 is 11.1 Å². The van der Waals surface area contributed by atoms with Crippen LogP contribution in [-0.2, 0) is 0 Å². The number of H-pyrrole nitrogens is 1. The van der Waals surface area contributed by atoms with Crippen molar-refractivity contribution in [2.45, 2.75) is 0 Å². The van der Waals surface area contributed by atoms with Gasteiger partial charge in [0, 0.05) is 14.5 Å². The molecule has 0 aliphatic carbocycles. The molecule has 26 heavy (non-hydrogen) atoms. The van der Waals surface area contributed by atoms with Crippen molar-refractivity contribution >= 4 is 54.4 Å². The van der Waals surface area contributed by atoms with Gasteiger partial charge in [0.15, 0.2) is 17.1 Å². The van der Waals surface area contributed by atoms with Gasteiger partial charge in [0.25, 0.3) is 5.91 Å². The van der Waals surface area contributed by atoms with E-state index in [1.54, 1.807) is 36.4 Å². The molecule has 0 unspecified atom stereocenters. The van der Waals surface area contributed by atoms with Crippen molar-refractivity contribution < 1.29 is 13.8 Å². The summed E-state index contributed by atoms with van der Waals surface area (Å²) in [6.07, 6.45) is 0.